The zero-order valence-corrected chi connectivity index (χ0v) is 26.6. The number of fused-ring (bicyclic) bond motifs is 2. The van der Waals surface area contributed by atoms with Crippen LogP contribution in [0.4, 0.5) is 15.9 Å². The van der Waals surface area contributed by atoms with Crippen molar-refractivity contribution >= 4 is 22.4 Å². The van der Waals surface area contributed by atoms with E-state index in [9.17, 15) is 9.65 Å². The summed E-state index contributed by atoms with van der Waals surface area (Å²) >= 11 is 0. The summed E-state index contributed by atoms with van der Waals surface area (Å²) < 4.78 is 28.5. The van der Waals surface area contributed by atoms with Crippen LogP contribution in [0.3, 0.4) is 0 Å². The van der Waals surface area contributed by atoms with Crippen molar-refractivity contribution in [2.24, 2.45) is 0 Å². The van der Waals surface area contributed by atoms with Crippen molar-refractivity contribution in [2.75, 3.05) is 62.8 Å². The molecule has 1 aromatic carbocycles. The second kappa shape index (κ2) is 12.7. The van der Waals surface area contributed by atoms with Gasteiger partial charge < -0.3 is 24.6 Å². The van der Waals surface area contributed by atoms with Crippen LogP contribution in [-0.2, 0) is 17.7 Å². The van der Waals surface area contributed by atoms with E-state index in [0.29, 0.717) is 45.1 Å². The molecular weight excluding hydrogens is 573 g/mol. The first-order valence-electron chi connectivity index (χ1n) is 16.5. The first-order valence-corrected chi connectivity index (χ1v) is 16.5. The topological polar surface area (TPSA) is 108 Å². The molecule has 12 heteroatoms. The third kappa shape index (κ3) is 5.93. The lowest BCUT2D eigenvalue weighted by molar-refractivity contribution is -0.0366. The molecule has 2 unspecified atom stereocenters. The van der Waals surface area contributed by atoms with E-state index < -0.39 is 6.17 Å². The average molecular weight is 618 g/mol. The van der Waals surface area contributed by atoms with Crippen LogP contribution in [0.1, 0.15) is 60.7 Å². The second-order valence-corrected chi connectivity index (χ2v) is 13.1. The molecule has 1 N–H and O–H groups in total. The normalized spacial score (nSPS) is 25.8. The third-order valence-corrected chi connectivity index (χ3v) is 10.1. The number of aryl methyl sites for hydroxylation is 1. The fourth-order valence-corrected chi connectivity index (χ4v) is 7.50. The van der Waals surface area contributed by atoms with Gasteiger partial charge in [0.25, 0.3) is 0 Å². The van der Waals surface area contributed by atoms with E-state index in [-0.39, 0.29) is 18.3 Å². The van der Waals surface area contributed by atoms with Crippen molar-refractivity contribution in [3.8, 4) is 12.1 Å². The maximum absolute atomic E-state index is 14.1. The Labute approximate surface area is 264 Å². The van der Waals surface area contributed by atoms with Gasteiger partial charge in [0.05, 0.1) is 42.1 Å². The van der Waals surface area contributed by atoms with E-state index in [2.05, 4.69) is 45.8 Å². The Bertz CT molecular complexity index is 1580. The van der Waals surface area contributed by atoms with Gasteiger partial charge in [0, 0.05) is 62.4 Å². The number of aromatic nitrogens is 4. The van der Waals surface area contributed by atoms with Crippen LogP contribution < -0.4 is 19.9 Å². The Balaban J connectivity index is 1.22. The Kier molecular flexibility index (Phi) is 8.50. The number of halogens is 1. The smallest absolute Gasteiger partial charge is 0.318 e. The van der Waals surface area contributed by atoms with Crippen molar-refractivity contribution < 1.29 is 13.9 Å². The summed E-state index contributed by atoms with van der Waals surface area (Å²) in [5.74, 6) is 0.899. The highest BCUT2D eigenvalue weighted by Gasteiger charge is 2.33. The Hall–Kier alpha value is -3.53. The van der Waals surface area contributed by atoms with Gasteiger partial charge in [-0.3, -0.25) is 4.90 Å². The van der Waals surface area contributed by atoms with Crippen LogP contribution in [0.2, 0.25) is 0 Å². The molecule has 3 saturated heterocycles. The molecule has 0 bridgehead atoms. The van der Waals surface area contributed by atoms with E-state index in [1.165, 1.54) is 16.8 Å². The van der Waals surface area contributed by atoms with Crippen LogP contribution in [-0.4, -0.2) is 95.9 Å². The number of hydrogen-bond donors (Lipinski definition) is 1. The Morgan fingerprint density at radius 2 is 2.07 bits per heavy atom. The highest BCUT2D eigenvalue weighted by atomic mass is 19.1. The van der Waals surface area contributed by atoms with Gasteiger partial charge in [-0.15, -0.1) is 0 Å². The monoisotopic (exact) mass is 617 g/mol. The molecule has 4 aliphatic heterocycles. The summed E-state index contributed by atoms with van der Waals surface area (Å²) in [7, 11) is 1.94. The number of anilines is 2. The lowest BCUT2D eigenvalue weighted by Gasteiger charge is -2.38. The Morgan fingerprint density at radius 3 is 2.84 bits per heavy atom. The molecule has 6 heterocycles. The lowest BCUT2D eigenvalue weighted by Crippen LogP contribution is -2.51. The van der Waals surface area contributed by atoms with Crippen LogP contribution in [0, 0.1) is 25.2 Å². The van der Waals surface area contributed by atoms with Gasteiger partial charge in [0.15, 0.2) is 6.23 Å². The van der Waals surface area contributed by atoms with Crippen molar-refractivity contribution in [3.05, 3.63) is 34.6 Å². The number of benzene rings is 1. The number of likely N-dealkylation sites (N-methyl/N-ethyl adjacent to an activating group) is 1. The van der Waals surface area contributed by atoms with Crippen LogP contribution in [0.25, 0.3) is 10.9 Å². The van der Waals surface area contributed by atoms with Crippen molar-refractivity contribution in [1.82, 2.24) is 30.0 Å². The van der Waals surface area contributed by atoms with Crippen LogP contribution in [0.5, 0.6) is 6.01 Å². The number of likely N-dealkylation sites (tertiary alicyclic amines) is 1. The zero-order valence-electron chi connectivity index (χ0n) is 26.6. The molecule has 7 rings (SSSR count). The molecule has 0 amide bonds. The molecule has 240 valence electrons. The summed E-state index contributed by atoms with van der Waals surface area (Å²) in [5.41, 5.74) is 6.87. The van der Waals surface area contributed by atoms with Gasteiger partial charge in [-0.1, -0.05) is 0 Å². The van der Waals surface area contributed by atoms with Crippen molar-refractivity contribution in [2.45, 2.75) is 83.4 Å². The standard InChI is InChI=1S/C33H44FN9O2/c1-21-14-29-27(16-37-43(29)30-6-4-5-13-44-30)31(22(21)2)41-11-8-26-28(19-41)38-33(45-20-25-15-23(34)17-40(25)3)39-32(26)42-12-10-36-24(18-42)7-9-35/h14,16,23-25,30,36H,4-8,10-13,15,17-20H2,1-3H3/t23-,24?,25+,30?/m1/s1. The van der Waals surface area contributed by atoms with Gasteiger partial charge in [-0.05, 0) is 70.2 Å². The first kappa shape index (κ1) is 30.1. The van der Waals surface area contributed by atoms with E-state index >= 15 is 0 Å². The molecular formula is C33H44FN9O2. The minimum atomic E-state index is -0.835. The largest absolute Gasteiger partial charge is 0.462 e. The Morgan fingerprint density at radius 1 is 1.18 bits per heavy atom. The molecule has 3 fully saturated rings. The maximum Gasteiger partial charge on any atom is 0.318 e. The SMILES string of the molecule is Cc1cc2c(cnn2C2CCCCO2)c(N2CCc3c(nc(OC[C@@H]4C[C@@H](F)CN4C)nc3N3CCNC(CC#N)C3)C2)c1C. The van der Waals surface area contributed by atoms with E-state index in [1.807, 2.05) is 18.1 Å². The van der Waals surface area contributed by atoms with Gasteiger partial charge in [-0.2, -0.15) is 20.3 Å². The predicted octanol–water partition coefficient (Wildman–Crippen LogP) is 3.82. The van der Waals surface area contributed by atoms with Gasteiger partial charge in [0.1, 0.15) is 18.6 Å². The van der Waals surface area contributed by atoms with Gasteiger partial charge >= 0.3 is 6.01 Å². The second-order valence-electron chi connectivity index (χ2n) is 13.1. The van der Waals surface area contributed by atoms with E-state index in [1.54, 1.807) is 0 Å². The molecule has 11 nitrogen and oxygen atoms in total. The molecule has 4 aliphatic rings. The molecule has 4 atom stereocenters. The quantitative estimate of drug-likeness (QED) is 0.421. The van der Waals surface area contributed by atoms with Gasteiger partial charge in [0.2, 0.25) is 0 Å². The molecule has 0 radical (unpaired) electrons. The number of nitriles is 1. The van der Waals surface area contributed by atoms with Crippen LogP contribution >= 0.6 is 0 Å². The number of nitrogens with one attached hydrogen (secondary N) is 1. The van der Waals surface area contributed by atoms with Crippen LogP contribution in [0.15, 0.2) is 12.3 Å². The van der Waals surface area contributed by atoms with E-state index in [4.69, 9.17) is 24.5 Å². The lowest BCUT2D eigenvalue weighted by atomic mass is 9.99. The maximum atomic E-state index is 14.1. The number of ether oxygens (including phenoxy) is 2. The molecule has 0 spiro atoms. The number of nitrogens with zero attached hydrogens (tertiary/aromatic N) is 8. The van der Waals surface area contributed by atoms with E-state index in [0.717, 1.165) is 79.9 Å². The zero-order chi connectivity index (χ0) is 31.1. The fraction of sp³-hybridized carbons (Fsp3) is 0.636. The van der Waals surface area contributed by atoms with Crippen molar-refractivity contribution in [3.63, 3.8) is 0 Å². The minimum Gasteiger partial charge on any atom is -0.462 e. The summed E-state index contributed by atoms with van der Waals surface area (Å²) in [4.78, 5) is 16.7. The van der Waals surface area contributed by atoms with Gasteiger partial charge in [-0.25, -0.2) is 9.07 Å². The third-order valence-electron chi connectivity index (χ3n) is 10.1. The average Bonchev–Trinajstić information content (AvgIpc) is 3.61. The number of alkyl halides is 1. The minimum absolute atomic E-state index is 0.00770. The highest BCUT2D eigenvalue weighted by Crippen LogP contribution is 2.39. The highest BCUT2D eigenvalue weighted by molar-refractivity contribution is 5.95. The summed E-state index contributed by atoms with van der Waals surface area (Å²) in [6, 6.07) is 4.97. The van der Waals surface area contributed by atoms with Crippen molar-refractivity contribution in [1.29, 1.82) is 5.26 Å². The molecule has 0 saturated carbocycles. The molecule has 0 aliphatic carbocycles. The number of rotatable bonds is 7. The predicted molar refractivity (Wildman–Crippen MR) is 170 cm³/mol. The fourth-order valence-electron chi connectivity index (χ4n) is 7.50. The number of piperazine rings is 1. The summed E-state index contributed by atoms with van der Waals surface area (Å²) in [6.07, 6.45) is 6.05. The molecule has 2 aromatic heterocycles. The number of hydrogen-bond acceptors (Lipinski definition) is 10. The molecule has 45 heavy (non-hydrogen) atoms. The first-order chi connectivity index (χ1) is 21.9. The molecule has 3 aromatic rings. The summed E-state index contributed by atoms with van der Waals surface area (Å²) in [6.45, 7) is 9.64. The summed E-state index contributed by atoms with van der Waals surface area (Å²) in [5, 5.41) is 18.8.